The van der Waals surface area contributed by atoms with Gasteiger partial charge in [0, 0.05) is 19.2 Å². The van der Waals surface area contributed by atoms with Crippen molar-refractivity contribution in [2.24, 2.45) is 5.73 Å². The molecule has 0 bridgehead atoms. The van der Waals surface area contributed by atoms with Gasteiger partial charge in [0.1, 0.15) is 12.3 Å². The summed E-state index contributed by atoms with van der Waals surface area (Å²) in [5.74, 6) is 0. The van der Waals surface area contributed by atoms with Crippen molar-refractivity contribution in [1.29, 1.82) is 0 Å². The molecule has 0 spiro atoms. The third-order valence-corrected chi connectivity index (χ3v) is 7.41. The molecule has 36 heavy (non-hydrogen) atoms. The van der Waals surface area contributed by atoms with Crippen molar-refractivity contribution in [2.45, 2.75) is 24.9 Å². The number of phosphoric ester groups is 1. The van der Waals surface area contributed by atoms with Crippen molar-refractivity contribution < 1.29 is 262 Å². The predicted octanol–water partition coefficient (Wildman–Crippen LogP) is -16.0. The van der Waals surface area contributed by atoms with Gasteiger partial charge < -0.3 is 44.2 Å². The molecule has 182 valence electrons. The van der Waals surface area contributed by atoms with Crippen molar-refractivity contribution in [3.05, 3.63) is 38.7 Å². The molecule has 0 amide bonds. The average Bonchev–Trinajstić information content (AvgIpc) is 2.97. The fourth-order valence-electron chi connectivity index (χ4n) is 2.51. The molecule has 1 saturated heterocycles. The standard InChI is InChI=1S/C12H20N3O14P3.4K/c13-3-1-2-7-5-15(12(18)14-11(7)17)10-4-8(16)9(27-10)6-26-31(22,23)29-32(24,25)28-30(19,20)21;;;;/h1-2,5,8-10,16H,3-4,6,13H2,(H,22,23)(H,24,25)(H,14,17,18)(H2,19,20,21);;;;/q;4*+1/p-4/b2-1+;;;;/t8-,9+,10+;;;;/m0..../s1. The summed E-state index contributed by atoms with van der Waals surface area (Å²) in [6.07, 6.45) is -0.403. The molecule has 1 aliphatic heterocycles. The van der Waals surface area contributed by atoms with E-state index in [-0.39, 0.29) is 224 Å². The van der Waals surface area contributed by atoms with Crippen LogP contribution in [0, 0.1) is 0 Å². The summed E-state index contributed by atoms with van der Waals surface area (Å²) in [5, 5.41) is 10.0. The van der Waals surface area contributed by atoms with E-state index in [2.05, 4.69) is 13.1 Å². The van der Waals surface area contributed by atoms with Crippen LogP contribution in [0.5, 0.6) is 0 Å². The van der Waals surface area contributed by atoms with Gasteiger partial charge in [0.15, 0.2) is 0 Å². The topological polar surface area (TPSA) is 281 Å². The molecule has 1 aromatic heterocycles. The van der Waals surface area contributed by atoms with Crippen LogP contribution in [0.15, 0.2) is 21.9 Å². The minimum absolute atomic E-state index is 0. The van der Waals surface area contributed by atoms with E-state index in [0.717, 1.165) is 10.8 Å². The number of ether oxygens (including phenoxy) is 1. The zero-order valence-electron chi connectivity index (χ0n) is 19.7. The Hall–Kier alpha value is 5.26. The van der Waals surface area contributed by atoms with Gasteiger partial charge in [-0.2, -0.15) is 0 Å². The van der Waals surface area contributed by atoms with Gasteiger partial charge in [0.05, 0.1) is 26.1 Å². The first kappa shape index (κ1) is 45.7. The number of phosphoric acid groups is 3. The number of hydrogen-bond acceptors (Lipinski definition) is 15. The first-order valence-corrected chi connectivity index (χ1v) is 12.8. The van der Waals surface area contributed by atoms with Crippen LogP contribution in [0.25, 0.3) is 6.08 Å². The summed E-state index contributed by atoms with van der Waals surface area (Å²) < 4.78 is 49.9. The third-order valence-electron chi connectivity index (χ3n) is 3.74. The van der Waals surface area contributed by atoms with E-state index in [9.17, 15) is 48.0 Å². The Kier molecular flexibility index (Phi) is 25.8. The molecular weight excluding hydrogens is 659 g/mol. The number of aromatic nitrogens is 2. The molecule has 1 aliphatic rings. The normalized spacial score (nSPS) is 22.8. The van der Waals surface area contributed by atoms with Crippen LogP contribution in [0.2, 0.25) is 0 Å². The van der Waals surface area contributed by atoms with Gasteiger partial charge in [-0.3, -0.25) is 27.8 Å². The van der Waals surface area contributed by atoms with Crippen molar-refractivity contribution in [2.75, 3.05) is 13.2 Å². The molecular formula is C12H16K4N3O14P3. The van der Waals surface area contributed by atoms with E-state index in [1.165, 1.54) is 12.2 Å². The monoisotopic (exact) mass is 675 g/mol. The Morgan fingerprint density at radius 1 is 1.11 bits per heavy atom. The van der Waals surface area contributed by atoms with Crippen LogP contribution in [-0.4, -0.2) is 40.0 Å². The van der Waals surface area contributed by atoms with Crippen LogP contribution in [0.4, 0.5) is 0 Å². The fourth-order valence-corrected chi connectivity index (χ4v) is 5.38. The summed E-state index contributed by atoms with van der Waals surface area (Å²) in [6, 6.07) is 0. The molecule has 1 aromatic rings. The number of rotatable bonds is 10. The third kappa shape index (κ3) is 16.4. The number of aromatic amines is 1. The second kappa shape index (κ2) is 20.3. The van der Waals surface area contributed by atoms with Crippen LogP contribution in [-0.2, 0) is 31.6 Å². The van der Waals surface area contributed by atoms with Crippen molar-refractivity contribution in [3.63, 3.8) is 0 Å². The van der Waals surface area contributed by atoms with Gasteiger partial charge in [-0.15, -0.1) is 0 Å². The number of H-pyrrole nitrogens is 1. The molecule has 0 aromatic carbocycles. The van der Waals surface area contributed by atoms with Gasteiger partial charge in [-0.05, 0) is 0 Å². The van der Waals surface area contributed by atoms with Crippen LogP contribution in [0.1, 0.15) is 18.2 Å². The smallest absolute Gasteiger partial charge is 0.790 e. The predicted molar refractivity (Wildman–Crippen MR) is 94.9 cm³/mol. The van der Waals surface area contributed by atoms with Gasteiger partial charge in [0.25, 0.3) is 21.2 Å². The van der Waals surface area contributed by atoms with Crippen molar-refractivity contribution in [1.82, 2.24) is 9.55 Å². The zero-order chi connectivity index (χ0) is 24.3. The Morgan fingerprint density at radius 3 is 2.22 bits per heavy atom. The molecule has 1 fully saturated rings. The SMILES string of the molecule is NC/C=C/c1cn([C@H]2C[C@H](O)[C@@H](COP(=O)([O-])OP(=O)([O-])OP(=O)([O-])[O-])O2)c(=O)[nH]c1=O.[K+].[K+].[K+].[K+]. The second-order valence-electron chi connectivity index (χ2n) is 6.12. The molecule has 2 rings (SSSR count). The summed E-state index contributed by atoms with van der Waals surface area (Å²) >= 11 is 0. The first-order chi connectivity index (χ1) is 14.6. The quantitative estimate of drug-likeness (QED) is 0.153. The summed E-state index contributed by atoms with van der Waals surface area (Å²) in [7, 11) is -18.1. The molecule has 5 atom stereocenters. The Morgan fingerprint density at radius 2 is 1.69 bits per heavy atom. The van der Waals surface area contributed by atoms with E-state index in [1.54, 1.807) is 0 Å². The maximum absolute atomic E-state index is 12.1. The van der Waals surface area contributed by atoms with E-state index in [0.29, 0.717) is 0 Å². The summed E-state index contributed by atoms with van der Waals surface area (Å²) in [5.41, 5.74) is 3.71. The number of nitrogens with two attached hydrogens (primary N) is 1. The van der Waals surface area contributed by atoms with Gasteiger partial charge in [-0.1, -0.05) is 12.2 Å². The largest absolute Gasteiger partial charge is 1.00 e. The minimum Gasteiger partial charge on any atom is -0.790 e. The van der Waals surface area contributed by atoms with Gasteiger partial charge in [0.2, 0.25) is 0 Å². The van der Waals surface area contributed by atoms with Gasteiger partial charge in [-0.25, -0.2) is 9.11 Å². The molecule has 4 N–H and O–H groups in total. The first-order valence-electron chi connectivity index (χ1n) is 8.39. The number of nitrogens with zero attached hydrogens (tertiary/aromatic N) is 1. The number of aliphatic hydroxyl groups is 1. The van der Waals surface area contributed by atoms with Crippen LogP contribution >= 0.6 is 23.5 Å². The Bertz CT molecular complexity index is 1130. The molecule has 0 radical (unpaired) electrons. The second-order valence-corrected chi connectivity index (χ2v) is 10.4. The molecule has 17 nitrogen and oxygen atoms in total. The van der Waals surface area contributed by atoms with Crippen molar-refractivity contribution in [3.8, 4) is 0 Å². The molecule has 24 heteroatoms. The van der Waals surface area contributed by atoms with Crippen LogP contribution in [0.3, 0.4) is 0 Å². The number of nitrogens with one attached hydrogen (secondary N) is 1. The van der Waals surface area contributed by atoms with E-state index < -0.39 is 59.8 Å². The fraction of sp³-hybridized carbons (Fsp3) is 0.500. The van der Waals surface area contributed by atoms with E-state index in [1.807, 2.05) is 4.98 Å². The molecule has 2 unspecified atom stereocenters. The molecule has 0 aliphatic carbocycles. The Labute approximate surface area is 374 Å². The maximum Gasteiger partial charge on any atom is 1.00 e. The number of aliphatic hydroxyl groups excluding tert-OH is 1. The summed E-state index contributed by atoms with van der Waals surface area (Å²) in [4.78, 5) is 69.2. The summed E-state index contributed by atoms with van der Waals surface area (Å²) in [6.45, 7) is -0.917. The van der Waals surface area contributed by atoms with Crippen molar-refractivity contribution >= 4 is 29.5 Å². The molecule has 2 heterocycles. The van der Waals surface area contributed by atoms with Crippen LogP contribution < -0.4 is 242 Å². The van der Waals surface area contributed by atoms with E-state index in [4.69, 9.17) is 10.5 Å². The number of hydrogen-bond donors (Lipinski definition) is 3. The maximum atomic E-state index is 12.1. The minimum atomic E-state index is -6.13. The zero-order valence-corrected chi connectivity index (χ0v) is 34.9. The Balaban J connectivity index is -0.00000272. The van der Waals surface area contributed by atoms with E-state index >= 15 is 0 Å². The van der Waals surface area contributed by atoms with Gasteiger partial charge >= 0.3 is 211 Å². The molecule has 0 saturated carbocycles. The average molecular weight is 676 g/mol.